The van der Waals surface area contributed by atoms with E-state index in [4.69, 9.17) is 0 Å². The first kappa shape index (κ1) is 18.9. The molecule has 5 heteroatoms. The molecule has 0 aromatic carbocycles. The summed E-state index contributed by atoms with van der Waals surface area (Å²) in [5.74, 6) is -2.22. The van der Waals surface area contributed by atoms with Crippen LogP contribution in [0.3, 0.4) is 0 Å². The van der Waals surface area contributed by atoms with Crippen molar-refractivity contribution in [3.05, 3.63) is 45.0 Å². The molecule has 5 nitrogen and oxygen atoms in total. The zero-order chi connectivity index (χ0) is 19.3. The van der Waals surface area contributed by atoms with E-state index in [-0.39, 0.29) is 0 Å². The summed E-state index contributed by atoms with van der Waals surface area (Å²) >= 11 is 0. The van der Waals surface area contributed by atoms with Crippen LogP contribution in [0.2, 0.25) is 0 Å². The van der Waals surface area contributed by atoms with Gasteiger partial charge in [-0.15, -0.1) is 6.10 Å². The van der Waals surface area contributed by atoms with Crippen LogP contribution in [0.4, 0.5) is 0 Å². The van der Waals surface area contributed by atoms with Crippen LogP contribution in [0.5, 0.6) is 0 Å². The molecule has 1 aliphatic rings. The van der Waals surface area contributed by atoms with Crippen molar-refractivity contribution in [3.8, 4) is 0 Å². The molecule has 2 heterocycles. The van der Waals surface area contributed by atoms with E-state index in [9.17, 15) is 15.0 Å². The summed E-state index contributed by atoms with van der Waals surface area (Å²) in [4.78, 5) is 19.3. The highest BCUT2D eigenvalue weighted by atomic mass is 16.3. The number of Topliss-reactive ketones (excluding diaryl/α,β-unsaturated/α-hetero) is 1. The Morgan fingerprint density at radius 3 is 1.77 bits per heavy atom. The van der Waals surface area contributed by atoms with Crippen molar-refractivity contribution >= 4 is 5.78 Å². The fraction of sp³-hybridized carbons (Fsp3) is 0.571. The van der Waals surface area contributed by atoms with Crippen LogP contribution in [0.25, 0.3) is 0 Å². The van der Waals surface area contributed by atoms with Crippen LogP contribution < -0.4 is 10.2 Å². The monoisotopic (exact) mass is 356 g/mol. The minimum Gasteiger partial charge on any atom is -0.851 e. The Balaban J connectivity index is 2.07. The van der Waals surface area contributed by atoms with E-state index in [1.165, 1.54) is 0 Å². The summed E-state index contributed by atoms with van der Waals surface area (Å²) in [5, 5.41) is 26.1. The predicted octanol–water partition coefficient (Wildman–Crippen LogP) is 1.61. The third-order valence-corrected chi connectivity index (χ3v) is 6.21. The lowest BCUT2D eigenvalue weighted by atomic mass is 9.91. The summed E-state index contributed by atoms with van der Waals surface area (Å²) < 4.78 is 0. The maximum atomic E-state index is 13.3. The Morgan fingerprint density at radius 2 is 1.31 bits per heavy atom. The van der Waals surface area contributed by atoms with Crippen molar-refractivity contribution in [3.63, 3.8) is 0 Å². The molecular formula is C21H28N2O3-2. The number of carbonyl (C=O) groups is 1. The zero-order valence-electron chi connectivity index (χ0n) is 16.4. The molecule has 1 saturated carbocycles. The number of nitrogens with one attached hydrogen (secondary N) is 2. The number of H-pyrrole nitrogens is 2. The zero-order valence-corrected chi connectivity index (χ0v) is 16.4. The maximum Gasteiger partial charge on any atom is 0.128 e. The van der Waals surface area contributed by atoms with E-state index in [0.29, 0.717) is 11.4 Å². The van der Waals surface area contributed by atoms with Crippen LogP contribution >= 0.6 is 0 Å². The van der Waals surface area contributed by atoms with Gasteiger partial charge in [-0.1, -0.05) is 20.0 Å². The van der Waals surface area contributed by atoms with E-state index >= 15 is 0 Å². The maximum absolute atomic E-state index is 13.3. The Labute approximate surface area is 154 Å². The number of hydrogen-bond acceptors (Lipinski definition) is 3. The molecule has 1 aliphatic carbocycles. The van der Waals surface area contributed by atoms with Gasteiger partial charge < -0.3 is 25.0 Å². The Hall–Kier alpha value is -1.85. The first-order chi connectivity index (χ1) is 12.2. The number of ketones is 1. The average molecular weight is 356 g/mol. The molecule has 0 radical (unpaired) electrons. The topological polar surface area (TPSA) is 94.8 Å². The summed E-state index contributed by atoms with van der Waals surface area (Å²) in [6, 6.07) is 0. The first-order valence-electron chi connectivity index (χ1n) is 9.45. The molecule has 4 unspecified atom stereocenters. The van der Waals surface area contributed by atoms with E-state index in [1.807, 2.05) is 27.7 Å². The summed E-state index contributed by atoms with van der Waals surface area (Å²) in [5.41, 5.74) is 7.43. The Bertz CT molecular complexity index is 846. The van der Waals surface area contributed by atoms with Crippen LogP contribution in [0.1, 0.15) is 70.7 Å². The smallest absolute Gasteiger partial charge is 0.128 e. The molecule has 26 heavy (non-hydrogen) atoms. The highest BCUT2D eigenvalue weighted by molar-refractivity contribution is 5.93. The van der Waals surface area contributed by atoms with E-state index in [2.05, 4.69) is 23.8 Å². The van der Waals surface area contributed by atoms with Crippen molar-refractivity contribution in [2.24, 2.45) is 0 Å². The third-order valence-electron chi connectivity index (χ3n) is 6.21. The van der Waals surface area contributed by atoms with E-state index in [1.54, 1.807) is 0 Å². The summed E-state index contributed by atoms with van der Waals surface area (Å²) in [7, 11) is 0. The second kappa shape index (κ2) is 6.71. The van der Waals surface area contributed by atoms with Gasteiger partial charge in [0.1, 0.15) is 5.78 Å². The van der Waals surface area contributed by atoms with Gasteiger partial charge in [-0.05, 0) is 68.7 Å². The van der Waals surface area contributed by atoms with Gasteiger partial charge in [-0.2, -0.15) is 0 Å². The van der Waals surface area contributed by atoms with Crippen LogP contribution in [0.15, 0.2) is 0 Å². The molecule has 0 spiro atoms. The second-order valence-electron chi connectivity index (χ2n) is 7.53. The van der Waals surface area contributed by atoms with Gasteiger partial charge >= 0.3 is 0 Å². The normalized spacial score (nSPS) is 26.1. The minimum absolute atomic E-state index is 0.480. The molecular weight excluding hydrogens is 328 g/mol. The number of carbonyl (C=O) groups excluding carboxylic acids is 1. The van der Waals surface area contributed by atoms with Gasteiger partial charge in [0, 0.05) is 28.7 Å². The third kappa shape index (κ3) is 2.57. The van der Waals surface area contributed by atoms with Crippen LogP contribution in [-0.2, 0) is 17.6 Å². The molecule has 0 saturated heterocycles. The van der Waals surface area contributed by atoms with Gasteiger partial charge in [0.25, 0.3) is 0 Å². The van der Waals surface area contributed by atoms with Crippen LogP contribution in [-0.4, -0.2) is 28.0 Å². The van der Waals surface area contributed by atoms with Crippen molar-refractivity contribution in [1.82, 2.24) is 9.97 Å². The average Bonchev–Trinajstić information content (AvgIpc) is 3.11. The number of hydrogen-bond donors (Lipinski definition) is 2. The lowest BCUT2D eigenvalue weighted by Gasteiger charge is -2.33. The molecule has 0 bridgehead atoms. The molecule has 2 aromatic heterocycles. The highest BCUT2D eigenvalue weighted by Crippen LogP contribution is 2.42. The summed E-state index contributed by atoms with van der Waals surface area (Å²) in [6.45, 7) is 11.9. The number of aromatic nitrogens is 2. The molecule has 0 aliphatic heterocycles. The molecule has 4 atom stereocenters. The van der Waals surface area contributed by atoms with Crippen molar-refractivity contribution < 1.29 is 15.0 Å². The van der Waals surface area contributed by atoms with E-state index < -0.39 is 29.8 Å². The molecule has 3 rings (SSSR count). The number of rotatable bonds is 4. The van der Waals surface area contributed by atoms with Gasteiger partial charge in [0.15, 0.2) is 0 Å². The van der Waals surface area contributed by atoms with Gasteiger partial charge in [0.2, 0.25) is 0 Å². The van der Waals surface area contributed by atoms with Crippen molar-refractivity contribution in [2.45, 2.75) is 78.4 Å². The van der Waals surface area contributed by atoms with Gasteiger partial charge in [0.05, 0.1) is 0 Å². The SMILES string of the molecule is CCc1c(C)[nH]c(C2C(=O)C([O-])C(c3[nH]c(C)c(CC)c3C)C2[O-])c1C. The van der Waals surface area contributed by atoms with E-state index in [0.717, 1.165) is 46.5 Å². The highest BCUT2D eigenvalue weighted by Gasteiger charge is 2.43. The number of aromatic amines is 2. The number of aryl methyl sites for hydroxylation is 2. The quantitative estimate of drug-likeness (QED) is 0.871. The van der Waals surface area contributed by atoms with Gasteiger partial charge in [-0.25, -0.2) is 0 Å². The second-order valence-corrected chi connectivity index (χ2v) is 7.53. The van der Waals surface area contributed by atoms with Crippen molar-refractivity contribution in [2.75, 3.05) is 0 Å². The van der Waals surface area contributed by atoms with Crippen molar-refractivity contribution in [1.29, 1.82) is 0 Å². The fourth-order valence-electron chi connectivity index (χ4n) is 4.85. The molecule has 1 fully saturated rings. The standard InChI is InChI=1S/C21H28N2O3/c1-7-13-9(3)17(22-11(13)5)15-19(24)16(21(26)20(15)25)18-10(4)14(8-2)12(6)23-18/h15-16,19-20,22-23H,7-8H2,1-6H3/q-2. The first-order valence-corrected chi connectivity index (χ1v) is 9.45. The molecule has 142 valence electrons. The molecule has 0 amide bonds. The largest absolute Gasteiger partial charge is 0.851 e. The fourth-order valence-corrected chi connectivity index (χ4v) is 4.85. The summed E-state index contributed by atoms with van der Waals surface area (Å²) in [6.07, 6.45) is -1.12. The molecule has 2 N–H and O–H groups in total. The Morgan fingerprint density at radius 1 is 0.846 bits per heavy atom. The lowest BCUT2D eigenvalue weighted by Crippen LogP contribution is -2.39. The van der Waals surface area contributed by atoms with Gasteiger partial charge in [-0.3, -0.25) is 0 Å². The molecule has 2 aromatic rings. The Kier molecular flexibility index (Phi) is 4.88. The lowest BCUT2D eigenvalue weighted by molar-refractivity contribution is -0.451. The minimum atomic E-state index is -1.52. The van der Waals surface area contributed by atoms with Crippen LogP contribution in [0, 0.1) is 27.7 Å². The predicted molar refractivity (Wildman–Crippen MR) is 97.4 cm³/mol.